The molecule has 5 nitrogen and oxygen atoms in total. The van der Waals surface area contributed by atoms with Crippen LogP contribution < -0.4 is 14.8 Å². The summed E-state index contributed by atoms with van der Waals surface area (Å²) in [6.07, 6.45) is 0.971. The van der Waals surface area contributed by atoms with Crippen molar-refractivity contribution in [1.29, 1.82) is 0 Å². The van der Waals surface area contributed by atoms with Crippen LogP contribution in [0.15, 0.2) is 12.1 Å². The van der Waals surface area contributed by atoms with Gasteiger partial charge in [0.25, 0.3) is 0 Å². The monoisotopic (exact) mass is 278 g/mol. The van der Waals surface area contributed by atoms with Crippen molar-refractivity contribution in [3.05, 3.63) is 23.3 Å². The maximum atomic E-state index is 5.55. The SMILES string of the molecule is COc1ccc2c(c1CCN1CCNCC1)COCO2. The van der Waals surface area contributed by atoms with Crippen LogP contribution in [0.3, 0.4) is 0 Å². The molecule has 0 spiro atoms. The molecule has 1 N–H and O–H groups in total. The van der Waals surface area contributed by atoms with E-state index in [-0.39, 0.29) is 0 Å². The van der Waals surface area contributed by atoms with Crippen molar-refractivity contribution in [2.45, 2.75) is 13.0 Å². The van der Waals surface area contributed by atoms with Gasteiger partial charge in [0.2, 0.25) is 0 Å². The molecule has 1 fully saturated rings. The first-order chi connectivity index (χ1) is 9.88. The number of ether oxygens (including phenoxy) is 3. The van der Waals surface area contributed by atoms with Crippen molar-refractivity contribution < 1.29 is 14.2 Å². The second kappa shape index (κ2) is 6.43. The Labute approximate surface area is 119 Å². The van der Waals surface area contributed by atoms with Gasteiger partial charge in [0.15, 0.2) is 6.79 Å². The van der Waals surface area contributed by atoms with Gasteiger partial charge in [-0.15, -0.1) is 0 Å². The molecule has 0 aliphatic carbocycles. The van der Waals surface area contributed by atoms with E-state index in [4.69, 9.17) is 14.2 Å². The fourth-order valence-corrected chi connectivity index (χ4v) is 2.86. The summed E-state index contributed by atoms with van der Waals surface area (Å²) in [6, 6.07) is 3.97. The molecule has 5 heteroatoms. The molecule has 1 aromatic rings. The number of rotatable bonds is 4. The van der Waals surface area contributed by atoms with Crippen molar-refractivity contribution in [2.75, 3.05) is 46.6 Å². The second-order valence-corrected chi connectivity index (χ2v) is 5.18. The number of hydrogen-bond acceptors (Lipinski definition) is 5. The number of methoxy groups -OCH3 is 1. The topological polar surface area (TPSA) is 43.0 Å². The Morgan fingerprint density at radius 1 is 1.30 bits per heavy atom. The van der Waals surface area contributed by atoms with Gasteiger partial charge in [0.1, 0.15) is 11.5 Å². The predicted octanol–water partition coefficient (Wildman–Crippen LogP) is 1.01. The number of nitrogens with one attached hydrogen (secondary N) is 1. The summed E-state index contributed by atoms with van der Waals surface area (Å²) in [5, 5.41) is 3.38. The highest BCUT2D eigenvalue weighted by Gasteiger charge is 2.19. The molecule has 20 heavy (non-hydrogen) atoms. The minimum absolute atomic E-state index is 0.344. The lowest BCUT2D eigenvalue weighted by Crippen LogP contribution is -2.44. The Morgan fingerprint density at radius 2 is 2.15 bits per heavy atom. The first-order valence-electron chi connectivity index (χ1n) is 7.21. The van der Waals surface area contributed by atoms with Crippen LogP contribution in [-0.2, 0) is 17.8 Å². The summed E-state index contributed by atoms with van der Waals surface area (Å²) < 4.78 is 16.5. The molecule has 0 amide bonds. The summed E-state index contributed by atoms with van der Waals surface area (Å²) in [5.74, 6) is 1.88. The molecule has 0 saturated carbocycles. The third kappa shape index (κ3) is 2.90. The highest BCUT2D eigenvalue weighted by molar-refractivity contribution is 5.49. The van der Waals surface area contributed by atoms with Crippen LogP contribution in [-0.4, -0.2) is 51.5 Å². The van der Waals surface area contributed by atoms with Crippen LogP contribution in [0.2, 0.25) is 0 Å². The van der Waals surface area contributed by atoms with E-state index < -0.39 is 0 Å². The Kier molecular flexibility index (Phi) is 4.40. The van der Waals surface area contributed by atoms with Crippen LogP contribution >= 0.6 is 0 Å². The van der Waals surface area contributed by atoms with E-state index in [1.54, 1.807) is 7.11 Å². The van der Waals surface area contributed by atoms with Crippen LogP contribution in [0.25, 0.3) is 0 Å². The van der Waals surface area contributed by atoms with Crippen molar-refractivity contribution in [1.82, 2.24) is 10.2 Å². The normalized spacial score (nSPS) is 19.2. The number of benzene rings is 1. The third-order valence-electron chi connectivity index (χ3n) is 4.00. The second-order valence-electron chi connectivity index (χ2n) is 5.18. The standard InChI is InChI=1S/C15H22N2O3/c1-18-14-2-3-15-13(10-19-11-20-15)12(14)4-7-17-8-5-16-6-9-17/h2-3,16H,4-11H2,1H3. The van der Waals surface area contributed by atoms with Gasteiger partial charge in [-0.1, -0.05) is 0 Å². The Balaban J connectivity index is 1.76. The lowest BCUT2D eigenvalue weighted by atomic mass is 10.0. The van der Waals surface area contributed by atoms with Crippen molar-refractivity contribution in [2.24, 2.45) is 0 Å². The van der Waals surface area contributed by atoms with Gasteiger partial charge in [-0.05, 0) is 18.6 Å². The van der Waals surface area contributed by atoms with Crippen molar-refractivity contribution >= 4 is 0 Å². The summed E-state index contributed by atoms with van der Waals surface area (Å²) in [6.45, 7) is 6.40. The zero-order chi connectivity index (χ0) is 13.8. The molecule has 1 saturated heterocycles. The quantitative estimate of drug-likeness (QED) is 0.890. The molecule has 0 aromatic heterocycles. The predicted molar refractivity (Wildman–Crippen MR) is 76.3 cm³/mol. The molecule has 2 aliphatic heterocycles. The number of piperazine rings is 1. The van der Waals surface area contributed by atoms with Crippen LogP contribution in [0.1, 0.15) is 11.1 Å². The molecule has 0 atom stereocenters. The number of fused-ring (bicyclic) bond motifs is 1. The summed E-state index contributed by atoms with van der Waals surface area (Å²) in [4.78, 5) is 2.49. The Bertz CT molecular complexity index is 459. The van der Waals surface area contributed by atoms with E-state index in [2.05, 4.69) is 10.2 Å². The summed E-state index contributed by atoms with van der Waals surface area (Å²) in [5.41, 5.74) is 2.37. The Morgan fingerprint density at radius 3 is 2.95 bits per heavy atom. The zero-order valence-corrected chi connectivity index (χ0v) is 12.0. The number of hydrogen-bond donors (Lipinski definition) is 1. The van der Waals surface area contributed by atoms with Gasteiger partial charge < -0.3 is 24.4 Å². The molecular formula is C15H22N2O3. The average Bonchev–Trinajstić information content (AvgIpc) is 2.53. The van der Waals surface area contributed by atoms with E-state index in [0.717, 1.165) is 56.2 Å². The maximum absolute atomic E-state index is 5.55. The highest BCUT2D eigenvalue weighted by atomic mass is 16.7. The molecule has 3 rings (SSSR count). The van der Waals surface area contributed by atoms with Crippen molar-refractivity contribution in [3.63, 3.8) is 0 Å². The van der Waals surface area contributed by atoms with Gasteiger partial charge >= 0.3 is 0 Å². The third-order valence-corrected chi connectivity index (χ3v) is 4.00. The largest absolute Gasteiger partial charge is 0.496 e. The van der Waals surface area contributed by atoms with Crippen LogP contribution in [0, 0.1) is 0 Å². The molecule has 0 radical (unpaired) electrons. The minimum atomic E-state index is 0.344. The first-order valence-corrected chi connectivity index (χ1v) is 7.21. The molecule has 1 aromatic carbocycles. The minimum Gasteiger partial charge on any atom is -0.496 e. The molecular weight excluding hydrogens is 256 g/mol. The van der Waals surface area contributed by atoms with E-state index >= 15 is 0 Å². The number of nitrogens with zero attached hydrogens (tertiary/aromatic N) is 1. The molecule has 0 bridgehead atoms. The molecule has 2 heterocycles. The van der Waals surface area contributed by atoms with Crippen molar-refractivity contribution in [3.8, 4) is 11.5 Å². The summed E-state index contributed by atoms with van der Waals surface area (Å²) >= 11 is 0. The molecule has 2 aliphatic rings. The van der Waals surface area contributed by atoms with Crippen LogP contribution in [0.5, 0.6) is 11.5 Å². The van der Waals surface area contributed by atoms with Gasteiger partial charge in [-0.2, -0.15) is 0 Å². The molecule has 110 valence electrons. The zero-order valence-electron chi connectivity index (χ0n) is 12.0. The smallest absolute Gasteiger partial charge is 0.189 e. The summed E-state index contributed by atoms with van der Waals surface area (Å²) in [7, 11) is 1.72. The fraction of sp³-hybridized carbons (Fsp3) is 0.600. The van der Waals surface area contributed by atoms with E-state index in [0.29, 0.717) is 13.4 Å². The van der Waals surface area contributed by atoms with Gasteiger partial charge in [0.05, 0.1) is 13.7 Å². The van der Waals surface area contributed by atoms with Crippen LogP contribution in [0.4, 0.5) is 0 Å². The molecule has 0 unspecified atom stereocenters. The lowest BCUT2D eigenvalue weighted by molar-refractivity contribution is -0.0170. The Hall–Kier alpha value is -1.30. The fourth-order valence-electron chi connectivity index (χ4n) is 2.86. The highest BCUT2D eigenvalue weighted by Crippen LogP contribution is 2.33. The van der Waals surface area contributed by atoms with E-state index in [1.807, 2.05) is 12.1 Å². The van der Waals surface area contributed by atoms with Gasteiger partial charge in [0, 0.05) is 43.9 Å². The van der Waals surface area contributed by atoms with Gasteiger partial charge in [-0.3, -0.25) is 0 Å². The maximum Gasteiger partial charge on any atom is 0.189 e. The van der Waals surface area contributed by atoms with Gasteiger partial charge in [-0.25, -0.2) is 0 Å². The first kappa shape index (κ1) is 13.7. The van der Waals surface area contributed by atoms with E-state index in [9.17, 15) is 0 Å². The average molecular weight is 278 g/mol. The lowest BCUT2D eigenvalue weighted by Gasteiger charge is -2.28. The van der Waals surface area contributed by atoms with E-state index in [1.165, 1.54) is 5.56 Å².